The van der Waals surface area contributed by atoms with E-state index in [-0.39, 0.29) is 17.9 Å². The zero-order chi connectivity index (χ0) is 17.4. The highest BCUT2D eigenvalue weighted by Crippen LogP contribution is 2.20. The van der Waals surface area contributed by atoms with Crippen molar-refractivity contribution in [1.29, 1.82) is 5.41 Å². The Bertz CT molecular complexity index is 580. The number of hydrogen-bond donors (Lipinski definition) is 4. The zero-order valence-electron chi connectivity index (χ0n) is 14.5. The van der Waals surface area contributed by atoms with Gasteiger partial charge in [0.25, 0.3) is 0 Å². The van der Waals surface area contributed by atoms with E-state index in [9.17, 15) is 4.79 Å². The molecule has 0 amide bonds. The van der Waals surface area contributed by atoms with E-state index in [4.69, 9.17) is 5.41 Å². The number of benzene rings is 1. The normalized spacial score (nSPS) is 12.7. The number of hydrazone groups is 1. The van der Waals surface area contributed by atoms with Gasteiger partial charge in [0, 0.05) is 31.1 Å². The number of carbonyl (C=O) groups excluding carboxylic acids is 1. The van der Waals surface area contributed by atoms with Crippen LogP contribution in [-0.4, -0.2) is 31.0 Å². The molecule has 0 aromatic heterocycles. The number of anilines is 1. The first-order valence-electron chi connectivity index (χ1n) is 7.80. The summed E-state index contributed by atoms with van der Waals surface area (Å²) in [5.74, 6) is 0.313. The van der Waals surface area contributed by atoms with E-state index in [1.54, 1.807) is 7.05 Å². The quantitative estimate of drug-likeness (QED) is 0.269. The highest BCUT2D eigenvalue weighted by Gasteiger charge is 2.14. The molecule has 0 heterocycles. The molecule has 0 fully saturated rings. The van der Waals surface area contributed by atoms with Crippen molar-refractivity contribution in [2.24, 2.45) is 11.0 Å². The van der Waals surface area contributed by atoms with E-state index in [2.05, 4.69) is 21.2 Å². The number of nitrogens with zero attached hydrogens (tertiary/aromatic N) is 1. The molecule has 4 N–H and O–H groups in total. The fraction of sp³-hybridized carbons (Fsp3) is 0.471. The van der Waals surface area contributed by atoms with Crippen molar-refractivity contribution in [2.75, 3.05) is 12.4 Å². The summed E-state index contributed by atoms with van der Waals surface area (Å²) in [5.41, 5.74) is 6.52. The fourth-order valence-corrected chi connectivity index (χ4v) is 2.26. The van der Waals surface area contributed by atoms with Gasteiger partial charge in [-0.05, 0) is 44.0 Å². The minimum absolute atomic E-state index is 0.0408. The maximum Gasteiger partial charge on any atom is 0.193 e. The Morgan fingerprint density at radius 3 is 2.57 bits per heavy atom. The summed E-state index contributed by atoms with van der Waals surface area (Å²) in [6, 6.07) is 6.10. The second-order valence-electron chi connectivity index (χ2n) is 5.85. The molecule has 6 heteroatoms. The molecule has 23 heavy (non-hydrogen) atoms. The Balaban J connectivity index is 2.99. The molecule has 0 aliphatic carbocycles. The largest absolute Gasteiger partial charge is 0.354 e. The van der Waals surface area contributed by atoms with E-state index in [0.717, 1.165) is 28.8 Å². The molecule has 1 unspecified atom stereocenters. The first-order valence-corrected chi connectivity index (χ1v) is 7.80. The highest BCUT2D eigenvalue weighted by molar-refractivity contribution is 6.03. The lowest BCUT2D eigenvalue weighted by atomic mass is 9.94. The summed E-state index contributed by atoms with van der Waals surface area (Å²) in [4.78, 5) is 10.8. The van der Waals surface area contributed by atoms with Crippen LogP contribution in [0, 0.1) is 18.3 Å². The second kappa shape index (κ2) is 8.92. The average molecular weight is 317 g/mol. The Kier molecular flexibility index (Phi) is 7.25. The Labute approximate surface area is 138 Å². The Morgan fingerprint density at radius 1 is 1.35 bits per heavy atom. The number of aldehydes is 1. The van der Waals surface area contributed by atoms with Crippen molar-refractivity contribution < 1.29 is 4.79 Å². The molecule has 0 aliphatic rings. The Hall–Kier alpha value is -2.37. The van der Waals surface area contributed by atoms with Crippen LogP contribution in [0.4, 0.5) is 5.69 Å². The lowest BCUT2D eigenvalue weighted by Crippen LogP contribution is -2.35. The molecule has 6 nitrogen and oxygen atoms in total. The SMILES string of the molecule is CN/N=C(/c1ccc(NC(=N)NC(C)C)c(C)c1)C(C)CC=O. The maximum absolute atomic E-state index is 10.8. The molecule has 0 saturated carbocycles. The second-order valence-corrected chi connectivity index (χ2v) is 5.85. The fourth-order valence-electron chi connectivity index (χ4n) is 2.26. The van der Waals surface area contributed by atoms with Crippen LogP contribution in [0.2, 0.25) is 0 Å². The van der Waals surface area contributed by atoms with Gasteiger partial charge in [-0.2, -0.15) is 5.10 Å². The van der Waals surface area contributed by atoms with E-state index >= 15 is 0 Å². The highest BCUT2D eigenvalue weighted by atomic mass is 16.1. The van der Waals surface area contributed by atoms with Crippen molar-refractivity contribution in [2.45, 2.75) is 40.2 Å². The molecule has 0 radical (unpaired) electrons. The number of hydrogen-bond acceptors (Lipinski definition) is 4. The molecule has 126 valence electrons. The van der Waals surface area contributed by atoms with Crippen LogP contribution in [-0.2, 0) is 4.79 Å². The van der Waals surface area contributed by atoms with Crippen molar-refractivity contribution in [3.63, 3.8) is 0 Å². The van der Waals surface area contributed by atoms with Crippen LogP contribution >= 0.6 is 0 Å². The molecule has 1 aromatic carbocycles. The van der Waals surface area contributed by atoms with Gasteiger partial charge in [-0.1, -0.05) is 13.0 Å². The number of guanidine groups is 1. The number of aryl methyl sites for hydroxylation is 1. The third kappa shape index (κ3) is 5.73. The van der Waals surface area contributed by atoms with Crippen LogP contribution in [0.25, 0.3) is 0 Å². The standard InChI is InChI=1S/C17H27N5O/c1-11(2)20-17(18)21-15-7-6-14(10-13(15)4)16(22-19-5)12(3)8-9-23/h6-7,9-12,19H,8H2,1-5H3,(H3,18,20,21)/b22-16+. The molecule has 1 aromatic rings. The summed E-state index contributed by atoms with van der Waals surface area (Å²) in [6.45, 7) is 7.94. The predicted octanol–water partition coefficient (Wildman–Crippen LogP) is 2.49. The van der Waals surface area contributed by atoms with Gasteiger partial charge in [0.1, 0.15) is 6.29 Å². The topological polar surface area (TPSA) is 89.4 Å². The van der Waals surface area contributed by atoms with E-state index in [0.29, 0.717) is 6.42 Å². The third-order valence-corrected chi connectivity index (χ3v) is 3.36. The smallest absolute Gasteiger partial charge is 0.193 e. The van der Waals surface area contributed by atoms with Crippen molar-refractivity contribution >= 4 is 23.6 Å². The lowest BCUT2D eigenvalue weighted by molar-refractivity contribution is -0.108. The maximum atomic E-state index is 10.8. The van der Waals surface area contributed by atoms with Gasteiger partial charge in [-0.3, -0.25) is 5.41 Å². The summed E-state index contributed by atoms with van der Waals surface area (Å²) in [7, 11) is 1.75. The molecular weight excluding hydrogens is 290 g/mol. The van der Waals surface area contributed by atoms with Crippen LogP contribution < -0.4 is 16.1 Å². The van der Waals surface area contributed by atoms with Crippen molar-refractivity contribution in [1.82, 2.24) is 10.7 Å². The molecule has 1 rings (SSSR count). The van der Waals surface area contributed by atoms with Crippen LogP contribution in [0.5, 0.6) is 0 Å². The number of rotatable bonds is 7. The predicted molar refractivity (Wildman–Crippen MR) is 96.2 cm³/mol. The van der Waals surface area contributed by atoms with E-state index in [1.165, 1.54) is 0 Å². The van der Waals surface area contributed by atoms with Gasteiger partial charge in [0.15, 0.2) is 5.96 Å². The summed E-state index contributed by atoms with van der Waals surface area (Å²) >= 11 is 0. The van der Waals surface area contributed by atoms with Gasteiger partial charge in [0.2, 0.25) is 0 Å². The summed E-state index contributed by atoms with van der Waals surface area (Å²) in [6.07, 6.45) is 1.35. The van der Waals surface area contributed by atoms with Crippen LogP contribution in [0.15, 0.2) is 23.3 Å². The third-order valence-electron chi connectivity index (χ3n) is 3.36. The molecule has 0 aliphatic heterocycles. The summed E-state index contributed by atoms with van der Waals surface area (Å²) in [5, 5.41) is 18.3. The first kappa shape index (κ1) is 18.7. The van der Waals surface area contributed by atoms with Gasteiger partial charge in [-0.25, -0.2) is 0 Å². The van der Waals surface area contributed by atoms with Gasteiger partial charge >= 0.3 is 0 Å². The molecular formula is C17H27N5O. The zero-order valence-corrected chi connectivity index (χ0v) is 14.5. The minimum Gasteiger partial charge on any atom is -0.354 e. The van der Waals surface area contributed by atoms with E-state index < -0.39 is 0 Å². The monoisotopic (exact) mass is 317 g/mol. The van der Waals surface area contributed by atoms with Crippen LogP contribution in [0.1, 0.15) is 38.3 Å². The average Bonchev–Trinajstić information content (AvgIpc) is 2.46. The Morgan fingerprint density at radius 2 is 2.04 bits per heavy atom. The van der Waals surface area contributed by atoms with Gasteiger partial charge in [-0.15, -0.1) is 0 Å². The lowest BCUT2D eigenvalue weighted by Gasteiger charge is -2.17. The van der Waals surface area contributed by atoms with Gasteiger partial charge < -0.3 is 20.9 Å². The number of carbonyl (C=O) groups is 1. The minimum atomic E-state index is 0.0408. The summed E-state index contributed by atoms with van der Waals surface area (Å²) < 4.78 is 0. The molecule has 0 spiro atoms. The van der Waals surface area contributed by atoms with E-state index in [1.807, 2.05) is 45.9 Å². The van der Waals surface area contributed by atoms with Crippen molar-refractivity contribution in [3.8, 4) is 0 Å². The van der Waals surface area contributed by atoms with Gasteiger partial charge in [0.05, 0.1) is 5.71 Å². The molecule has 1 atom stereocenters. The van der Waals surface area contributed by atoms with Crippen molar-refractivity contribution in [3.05, 3.63) is 29.3 Å². The number of nitrogens with one attached hydrogen (secondary N) is 4. The van der Waals surface area contributed by atoms with Crippen LogP contribution in [0.3, 0.4) is 0 Å². The molecule has 0 bridgehead atoms. The first-order chi connectivity index (χ1) is 10.9. The molecule has 0 saturated heterocycles.